The molecule has 0 saturated heterocycles. The summed E-state index contributed by atoms with van der Waals surface area (Å²) in [5.41, 5.74) is -0.348. The maximum atomic E-state index is 11.8. The van der Waals surface area contributed by atoms with Crippen LogP contribution in [0.4, 0.5) is 0 Å². The first kappa shape index (κ1) is 14.5. The molecule has 0 fully saturated rings. The third kappa shape index (κ3) is 6.55. The lowest BCUT2D eigenvalue weighted by atomic mass is 9.75. The van der Waals surface area contributed by atoms with Gasteiger partial charge < -0.3 is 9.97 Å². The molecule has 1 amide bonds. The first-order valence-corrected chi connectivity index (χ1v) is 5.68. The van der Waals surface area contributed by atoms with E-state index in [0.717, 1.165) is 6.42 Å². The molecule has 0 aliphatic rings. The molecule has 1 N–H and O–H groups in total. The van der Waals surface area contributed by atoms with Crippen molar-refractivity contribution in [3.8, 4) is 0 Å². The van der Waals surface area contributed by atoms with Gasteiger partial charge in [0.15, 0.2) is 0 Å². The van der Waals surface area contributed by atoms with Crippen molar-refractivity contribution < 1.29 is 9.45 Å². The molecule has 0 heterocycles. The average Bonchev–Trinajstić information content (AvgIpc) is 2.01. The molecule has 15 heavy (non-hydrogen) atoms. The molecule has 88 valence electrons. The second kappa shape index (κ2) is 6.16. The predicted octanol–water partition coefficient (Wildman–Crippen LogP) is 2.20. The van der Waals surface area contributed by atoms with E-state index in [0.29, 0.717) is 6.61 Å². The maximum absolute atomic E-state index is 11.8. The standard InChI is InChI=1S/C11H24BNO2/c1-9(2)13-10(14)11(3,4)7-8-15-12(5)6/h9H,7-8H2,1-6H3,(H,13,14). The third-order valence-corrected chi connectivity index (χ3v) is 2.21. The molecule has 0 unspecified atom stereocenters. The fourth-order valence-electron chi connectivity index (χ4n) is 1.12. The second-order valence-electron chi connectivity index (χ2n) is 5.18. The third-order valence-electron chi connectivity index (χ3n) is 2.21. The molecule has 0 aromatic rings. The van der Waals surface area contributed by atoms with Gasteiger partial charge in [0.2, 0.25) is 5.91 Å². The summed E-state index contributed by atoms with van der Waals surface area (Å²) >= 11 is 0. The summed E-state index contributed by atoms with van der Waals surface area (Å²) in [6.45, 7) is 12.7. The molecule has 0 aliphatic heterocycles. The molecule has 0 aromatic carbocycles. The Bertz CT molecular complexity index is 203. The minimum absolute atomic E-state index is 0.102. The number of hydrogen-bond donors (Lipinski definition) is 1. The lowest BCUT2D eigenvalue weighted by Crippen LogP contribution is -2.41. The highest BCUT2D eigenvalue weighted by molar-refractivity contribution is 6.48. The van der Waals surface area contributed by atoms with Gasteiger partial charge >= 0.3 is 0 Å². The highest BCUT2D eigenvalue weighted by Crippen LogP contribution is 2.20. The Balaban J connectivity index is 3.99. The predicted molar refractivity (Wildman–Crippen MR) is 65.1 cm³/mol. The van der Waals surface area contributed by atoms with Crippen LogP contribution >= 0.6 is 0 Å². The lowest BCUT2D eigenvalue weighted by molar-refractivity contribution is -0.130. The molecule has 0 aliphatic carbocycles. The summed E-state index contributed by atoms with van der Waals surface area (Å²) in [5, 5.41) is 2.93. The minimum atomic E-state index is -0.348. The fourth-order valence-corrected chi connectivity index (χ4v) is 1.12. The molecule has 0 saturated carbocycles. The van der Waals surface area contributed by atoms with Crippen molar-refractivity contribution in [3.63, 3.8) is 0 Å². The van der Waals surface area contributed by atoms with Crippen LogP contribution in [0.25, 0.3) is 0 Å². The van der Waals surface area contributed by atoms with Gasteiger partial charge in [0.25, 0.3) is 6.92 Å². The van der Waals surface area contributed by atoms with Crippen LogP contribution in [0, 0.1) is 5.41 Å². The van der Waals surface area contributed by atoms with E-state index in [1.54, 1.807) is 0 Å². The Morgan fingerprint density at radius 3 is 2.33 bits per heavy atom. The van der Waals surface area contributed by atoms with E-state index in [1.165, 1.54) is 0 Å². The van der Waals surface area contributed by atoms with Crippen LogP contribution in [0.3, 0.4) is 0 Å². The van der Waals surface area contributed by atoms with Crippen molar-refractivity contribution in [2.24, 2.45) is 5.41 Å². The van der Waals surface area contributed by atoms with E-state index in [4.69, 9.17) is 4.65 Å². The van der Waals surface area contributed by atoms with Crippen LogP contribution in [0.1, 0.15) is 34.1 Å². The van der Waals surface area contributed by atoms with Crippen molar-refractivity contribution in [2.45, 2.75) is 53.8 Å². The first-order chi connectivity index (χ1) is 6.75. The summed E-state index contributed by atoms with van der Waals surface area (Å²) < 4.78 is 5.45. The second-order valence-corrected chi connectivity index (χ2v) is 5.18. The number of hydrogen-bond acceptors (Lipinski definition) is 2. The van der Waals surface area contributed by atoms with Crippen LogP contribution in [0.15, 0.2) is 0 Å². The van der Waals surface area contributed by atoms with Crippen LogP contribution in [-0.2, 0) is 9.45 Å². The van der Waals surface area contributed by atoms with Gasteiger partial charge in [-0.25, -0.2) is 0 Å². The van der Waals surface area contributed by atoms with E-state index >= 15 is 0 Å². The zero-order valence-electron chi connectivity index (χ0n) is 10.9. The van der Waals surface area contributed by atoms with E-state index in [-0.39, 0.29) is 24.3 Å². The van der Waals surface area contributed by atoms with Gasteiger partial charge in [-0.15, -0.1) is 0 Å². The quantitative estimate of drug-likeness (QED) is 0.687. The molecule has 0 rings (SSSR count). The lowest BCUT2D eigenvalue weighted by Gasteiger charge is -2.25. The van der Waals surface area contributed by atoms with Gasteiger partial charge in [-0.2, -0.15) is 0 Å². The van der Waals surface area contributed by atoms with Crippen LogP contribution in [0.5, 0.6) is 0 Å². The molecule has 0 atom stereocenters. The molecule has 0 spiro atoms. The topological polar surface area (TPSA) is 38.3 Å². The molecular weight excluding hydrogens is 189 g/mol. The van der Waals surface area contributed by atoms with E-state index in [9.17, 15) is 4.79 Å². The number of nitrogens with one attached hydrogen (secondary N) is 1. The molecule has 3 nitrogen and oxygen atoms in total. The van der Waals surface area contributed by atoms with Crippen molar-refractivity contribution in [3.05, 3.63) is 0 Å². The van der Waals surface area contributed by atoms with Gasteiger partial charge in [-0.1, -0.05) is 27.5 Å². The van der Waals surface area contributed by atoms with Crippen molar-refractivity contribution in [1.29, 1.82) is 0 Å². The summed E-state index contributed by atoms with van der Waals surface area (Å²) in [6, 6.07) is 0.197. The van der Waals surface area contributed by atoms with E-state index in [2.05, 4.69) is 5.32 Å². The van der Waals surface area contributed by atoms with Crippen LogP contribution < -0.4 is 5.32 Å². The number of amides is 1. The van der Waals surface area contributed by atoms with Gasteiger partial charge in [0.05, 0.1) is 0 Å². The number of carbonyl (C=O) groups excluding carboxylic acids is 1. The highest BCUT2D eigenvalue weighted by Gasteiger charge is 2.27. The number of carbonyl (C=O) groups is 1. The molecular formula is C11H24BNO2. The van der Waals surface area contributed by atoms with E-state index < -0.39 is 0 Å². The average molecular weight is 213 g/mol. The minimum Gasteiger partial charge on any atom is -0.436 e. The Kier molecular flexibility index (Phi) is 5.95. The Morgan fingerprint density at radius 2 is 1.93 bits per heavy atom. The summed E-state index contributed by atoms with van der Waals surface area (Å²) in [6.07, 6.45) is 0.754. The smallest absolute Gasteiger partial charge is 0.286 e. The molecule has 0 radical (unpaired) electrons. The molecule has 4 heteroatoms. The summed E-state index contributed by atoms with van der Waals surface area (Å²) in [7, 11) is 0. The zero-order valence-corrected chi connectivity index (χ0v) is 10.9. The normalized spacial score (nSPS) is 11.7. The molecule has 0 aromatic heterocycles. The van der Waals surface area contributed by atoms with Gasteiger partial charge in [-0.3, -0.25) is 4.79 Å². The van der Waals surface area contributed by atoms with Crippen molar-refractivity contribution in [1.82, 2.24) is 5.32 Å². The number of rotatable bonds is 6. The van der Waals surface area contributed by atoms with Gasteiger partial charge in [0, 0.05) is 18.1 Å². The fraction of sp³-hybridized carbons (Fsp3) is 0.909. The van der Waals surface area contributed by atoms with Gasteiger partial charge in [0.1, 0.15) is 0 Å². The SMILES string of the molecule is CB(C)OCCC(C)(C)C(=O)NC(C)C. The first-order valence-electron chi connectivity index (χ1n) is 5.68. The van der Waals surface area contributed by atoms with Crippen molar-refractivity contribution >= 4 is 12.8 Å². The van der Waals surface area contributed by atoms with Crippen LogP contribution in [0.2, 0.25) is 13.6 Å². The summed E-state index contributed by atoms with van der Waals surface area (Å²) in [5.74, 6) is 0.102. The largest absolute Gasteiger partial charge is 0.436 e. The Morgan fingerprint density at radius 1 is 1.40 bits per heavy atom. The maximum Gasteiger partial charge on any atom is 0.286 e. The van der Waals surface area contributed by atoms with Crippen LogP contribution in [-0.4, -0.2) is 25.5 Å². The molecule has 0 bridgehead atoms. The zero-order chi connectivity index (χ0) is 12.1. The summed E-state index contributed by atoms with van der Waals surface area (Å²) in [4.78, 5) is 11.8. The van der Waals surface area contributed by atoms with Crippen molar-refractivity contribution in [2.75, 3.05) is 6.61 Å². The highest BCUT2D eigenvalue weighted by atomic mass is 16.4. The van der Waals surface area contributed by atoms with Gasteiger partial charge in [-0.05, 0) is 20.3 Å². The van der Waals surface area contributed by atoms with E-state index in [1.807, 2.05) is 41.3 Å². The monoisotopic (exact) mass is 213 g/mol. The Hall–Kier alpha value is -0.505. The Labute approximate surface area is 94.1 Å².